The van der Waals surface area contributed by atoms with Crippen LogP contribution in [0.2, 0.25) is 0 Å². The van der Waals surface area contributed by atoms with Crippen molar-refractivity contribution < 1.29 is 5.11 Å². The highest BCUT2D eigenvalue weighted by atomic mass is 16.3. The largest absolute Gasteiger partial charge is 0.394 e. The van der Waals surface area contributed by atoms with Gasteiger partial charge in [0.25, 0.3) is 0 Å². The molecule has 2 atom stereocenters. The van der Waals surface area contributed by atoms with E-state index < -0.39 is 0 Å². The Balaban J connectivity index is 1.94. The average molecular weight is 274 g/mol. The van der Waals surface area contributed by atoms with Gasteiger partial charge in [-0.2, -0.15) is 5.10 Å². The van der Waals surface area contributed by atoms with Crippen molar-refractivity contribution in [3.63, 3.8) is 0 Å². The van der Waals surface area contributed by atoms with Crippen molar-refractivity contribution in [2.45, 2.75) is 45.1 Å². The second kappa shape index (κ2) is 5.05. The smallest absolute Gasteiger partial charge is 0.152 e. The molecule has 0 bridgehead atoms. The molecule has 5 nitrogen and oxygen atoms in total. The lowest BCUT2D eigenvalue weighted by Crippen LogP contribution is -2.46. The molecule has 5 heteroatoms. The van der Waals surface area contributed by atoms with Gasteiger partial charge in [-0.25, -0.2) is 9.50 Å². The van der Waals surface area contributed by atoms with Crippen LogP contribution in [0.1, 0.15) is 38.3 Å². The minimum atomic E-state index is -0.245. The van der Waals surface area contributed by atoms with Crippen LogP contribution in [-0.4, -0.2) is 31.9 Å². The average Bonchev–Trinajstić information content (AvgIpc) is 2.80. The number of aryl methyl sites for hydroxylation is 1. The van der Waals surface area contributed by atoms with E-state index in [1.165, 1.54) is 6.42 Å². The highest BCUT2D eigenvalue weighted by Crippen LogP contribution is 2.35. The highest BCUT2D eigenvalue weighted by Gasteiger charge is 2.35. The molecule has 108 valence electrons. The molecule has 0 aliphatic heterocycles. The van der Waals surface area contributed by atoms with Crippen LogP contribution in [0.4, 0.5) is 5.82 Å². The van der Waals surface area contributed by atoms with Crippen LogP contribution < -0.4 is 5.32 Å². The third-order valence-electron chi connectivity index (χ3n) is 4.29. The van der Waals surface area contributed by atoms with E-state index in [0.29, 0.717) is 5.92 Å². The first-order valence-corrected chi connectivity index (χ1v) is 7.32. The summed E-state index contributed by atoms with van der Waals surface area (Å²) < 4.78 is 1.84. The lowest BCUT2D eigenvalue weighted by Gasteiger charge is -2.39. The summed E-state index contributed by atoms with van der Waals surface area (Å²) in [4.78, 5) is 4.45. The SMILES string of the molecule is Cc1cc2c(NC3(CO)CCCC(C)C3)nccn2n1. The number of fused-ring (bicyclic) bond motifs is 1. The topological polar surface area (TPSA) is 62.5 Å². The predicted molar refractivity (Wildman–Crippen MR) is 78.8 cm³/mol. The van der Waals surface area contributed by atoms with E-state index in [2.05, 4.69) is 22.3 Å². The van der Waals surface area contributed by atoms with E-state index in [-0.39, 0.29) is 12.1 Å². The molecule has 2 unspecified atom stereocenters. The Labute approximate surface area is 119 Å². The zero-order valence-electron chi connectivity index (χ0n) is 12.1. The molecule has 1 saturated carbocycles. The van der Waals surface area contributed by atoms with Gasteiger partial charge in [-0.15, -0.1) is 0 Å². The standard InChI is InChI=1S/C15H22N4O/c1-11-4-3-5-15(9-11,10-20)17-14-13-8-12(2)18-19(13)7-6-16-14/h6-8,11,20H,3-5,9-10H2,1-2H3,(H,16,17). The van der Waals surface area contributed by atoms with Gasteiger partial charge >= 0.3 is 0 Å². The lowest BCUT2D eigenvalue weighted by atomic mass is 9.77. The first-order valence-electron chi connectivity index (χ1n) is 7.32. The Morgan fingerprint density at radius 1 is 1.55 bits per heavy atom. The molecule has 1 fully saturated rings. The first kappa shape index (κ1) is 13.4. The summed E-state index contributed by atoms with van der Waals surface area (Å²) in [5, 5.41) is 17.8. The van der Waals surface area contributed by atoms with Crippen molar-refractivity contribution in [2.75, 3.05) is 11.9 Å². The van der Waals surface area contributed by atoms with E-state index >= 15 is 0 Å². The number of aliphatic hydroxyl groups is 1. The maximum Gasteiger partial charge on any atom is 0.152 e. The summed E-state index contributed by atoms with van der Waals surface area (Å²) >= 11 is 0. The number of nitrogens with zero attached hydrogens (tertiary/aromatic N) is 3. The minimum absolute atomic E-state index is 0.146. The van der Waals surface area contributed by atoms with Crippen molar-refractivity contribution >= 4 is 11.3 Å². The van der Waals surface area contributed by atoms with Crippen molar-refractivity contribution in [2.24, 2.45) is 5.92 Å². The molecule has 0 spiro atoms. The number of hydrogen-bond donors (Lipinski definition) is 2. The van der Waals surface area contributed by atoms with Crippen LogP contribution in [-0.2, 0) is 0 Å². The summed E-state index contributed by atoms with van der Waals surface area (Å²) in [6.45, 7) is 4.37. The van der Waals surface area contributed by atoms with Gasteiger partial charge in [0.05, 0.1) is 17.8 Å². The number of aliphatic hydroxyl groups excluding tert-OH is 1. The fourth-order valence-corrected chi connectivity index (χ4v) is 3.35. The van der Waals surface area contributed by atoms with Gasteiger partial charge in [0.1, 0.15) is 5.52 Å². The van der Waals surface area contributed by atoms with E-state index in [1.807, 2.05) is 23.7 Å². The zero-order chi connectivity index (χ0) is 14.2. The van der Waals surface area contributed by atoms with E-state index in [1.54, 1.807) is 6.20 Å². The Morgan fingerprint density at radius 3 is 3.15 bits per heavy atom. The maximum absolute atomic E-state index is 9.89. The molecular formula is C15H22N4O. The third-order valence-corrected chi connectivity index (χ3v) is 4.29. The van der Waals surface area contributed by atoms with Gasteiger partial charge in [-0.3, -0.25) is 0 Å². The molecule has 2 aromatic rings. The van der Waals surface area contributed by atoms with Crippen LogP contribution in [0, 0.1) is 12.8 Å². The van der Waals surface area contributed by atoms with Crippen LogP contribution >= 0.6 is 0 Å². The van der Waals surface area contributed by atoms with Crippen molar-refractivity contribution in [1.29, 1.82) is 0 Å². The summed E-state index contributed by atoms with van der Waals surface area (Å²) in [7, 11) is 0. The molecule has 2 N–H and O–H groups in total. The molecule has 1 aliphatic carbocycles. The monoisotopic (exact) mass is 274 g/mol. The molecule has 20 heavy (non-hydrogen) atoms. The van der Waals surface area contributed by atoms with E-state index in [9.17, 15) is 5.11 Å². The normalized spacial score (nSPS) is 26.9. The molecule has 0 saturated heterocycles. The molecule has 0 radical (unpaired) electrons. The Hall–Kier alpha value is -1.62. The molecule has 0 aromatic carbocycles. The van der Waals surface area contributed by atoms with Crippen molar-refractivity contribution in [3.05, 3.63) is 24.2 Å². The van der Waals surface area contributed by atoms with Crippen LogP contribution in [0.15, 0.2) is 18.5 Å². The lowest BCUT2D eigenvalue weighted by molar-refractivity contribution is 0.149. The number of nitrogens with one attached hydrogen (secondary N) is 1. The summed E-state index contributed by atoms with van der Waals surface area (Å²) in [5.74, 6) is 1.45. The number of rotatable bonds is 3. The summed E-state index contributed by atoms with van der Waals surface area (Å²) in [6, 6.07) is 2.02. The number of hydrogen-bond acceptors (Lipinski definition) is 4. The van der Waals surface area contributed by atoms with Crippen molar-refractivity contribution in [3.8, 4) is 0 Å². The quantitative estimate of drug-likeness (QED) is 0.902. The van der Waals surface area contributed by atoms with Crippen LogP contribution in [0.5, 0.6) is 0 Å². The molecule has 2 heterocycles. The van der Waals surface area contributed by atoms with E-state index in [0.717, 1.165) is 36.3 Å². The second-order valence-corrected chi connectivity index (χ2v) is 6.16. The highest BCUT2D eigenvalue weighted by molar-refractivity contribution is 5.68. The van der Waals surface area contributed by atoms with Gasteiger partial charge in [0.15, 0.2) is 5.82 Å². The Morgan fingerprint density at radius 2 is 2.40 bits per heavy atom. The number of aromatic nitrogens is 3. The first-order chi connectivity index (χ1) is 9.62. The maximum atomic E-state index is 9.89. The Kier molecular flexibility index (Phi) is 3.38. The molecule has 2 aromatic heterocycles. The second-order valence-electron chi connectivity index (χ2n) is 6.16. The number of anilines is 1. The predicted octanol–water partition coefficient (Wildman–Crippen LogP) is 2.39. The molecule has 3 rings (SSSR count). The molecule has 1 aliphatic rings. The third kappa shape index (κ3) is 2.38. The summed E-state index contributed by atoms with van der Waals surface area (Å²) in [6.07, 6.45) is 7.97. The van der Waals surface area contributed by atoms with Gasteiger partial charge in [-0.05, 0) is 31.7 Å². The van der Waals surface area contributed by atoms with E-state index in [4.69, 9.17) is 0 Å². The van der Waals surface area contributed by atoms with Crippen LogP contribution in [0.25, 0.3) is 5.52 Å². The van der Waals surface area contributed by atoms with Gasteiger partial charge in [-0.1, -0.05) is 19.8 Å². The van der Waals surface area contributed by atoms with Gasteiger partial charge in [0, 0.05) is 12.4 Å². The van der Waals surface area contributed by atoms with Gasteiger partial charge in [0.2, 0.25) is 0 Å². The molecular weight excluding hydrogens is 252 g/mol. The fraction of sp³-hybridized carbons (Fsp3) is 0.600. The van der Waals surface area contributed by atoms with Crippen molar-refractivity contribution in [1.82, 2.24) is 14.6 Å². The van der Waals surface area contributed by atoms with Crippen LogP contribution in [0.3, 0.4) is 0 Å². The Bertz CT molecular complexity index is 609. The summed E-state index contributed by atoms with van der Waals surface area (Å²) in [5.41, 5.74) is 1.69. The van der Waals surface area contributed by atoms with Gasteiger partial charge < -0.3 is 10.4 Å². The minimum Gasteiger partial charge on any atom is -0.394 e. The zero-order valence-corrected chi connectivity index (χ0v) is 12.1. The molecule has 0 amide bonds. The fourth-order valence-electron chi connectivity index (χ4n) is 3.35.